The fourth-order valence-electron chi connectivity index (χ4n) is 1.30. The Balaban J connectivity index is 3.58. The van der Waals surface area contributed by atoms with Crippen LogP contribution in [0.3, 0.4) is 0 Å². The van der Waals surface area contributed by atoms with Gasteiger partial charge in [-0.15, -0.1) is 0 Å². The first-order chi connectivity index (χ1) is 6.86. The molecule has 1 aromatic carbocycles. The average Bonchev–Trinajstić information content (AvgIpc) is 2.12. The van der Waals surface area contributed by atoms with Crippen molar-refractivity contribution in [3.63, 3.8) is 0 Å². The highest BCUT2D eigenvalue weighted by atomic mass is 16.4. The topological polar surface area (TPSA) is 124 Å². The van der Waals surface area contributed by atoms with Crippen LogP contribution in [0, 0.1) is 0 Å². The molecule has 1 unspecified atom stereocenters. The molecule has 0 heterocycles. The molecule has 0 fully saturated rings. The Bertz CT molecular complexity index is 413. The largest absolute Gasteiger partial charge is 0.504 e. The maximum atomic E-state index is 10.8. The predicted molar refractivity (Wildman–Crippen MR) is 51.0 cm³/mol. The second-order valence-corrected chi connectivity index (χ2v) is 3.15. The molecule has 1 rings (SSSR count). The fourth-order valence-corrected chi connectivity index (χ4v) is 1.30. The molecule has 82 valence electrons. The predicted octanol–water partition coefficient (Wildman–Crippen LogP) is 0.521. The van der Waals surface area contributed by atoms with Crippen molar-refractivity contribution in [1.29, 1.82) is 0 Å². The van der Waals surface area contributed by atoms with Crippen molar-refractivity contribution < 1.29 is 25.2 Å². The molecule has 1 atom stereocenters. The van der Waals surface area contributed by atoms with Crippen LogP contribution in [0.2, 0.25) is 0 Å². The summed E-state index contributed by atoms with van der Waals surface area (Å²) in [6.07, 6.45) is 0. The number of aromatic carboxylic acids is 1. The van der Waals surface area contributed by atoms with Gasteiger partial charge in [0.05, 0.1) is 5.56 Å². The number of hydrogen-bond acceptors (Lipinski definition) is 5. The summed E-state index contributed by atoms with van der Waals surface area (Å²) in [5, 5.41) is 36.5. The van der Waals surface area contributed by atoms with Crippen LogP contribution in [0.1, 0.15) is 28.9 Å². The number of aromatic hydroxyl groups is 3. The first-order valence-electron chi connectivity index (χ1n) is 4.13. The van der Waals surface area contributed by atoms with E-state index in [-0.39, 0.29) is 11.1 Å². The lowest BCUT2D eigenvalue weighted by Crippen LogP contribution is -2.12. The minimum absolute atomic E-state index is 0.113. The standard InChI is InChI=1S/C9H11NO5/c1-3(10)6-4(9(14)15)2-5(11)7(12)8(6)13/h2-3,11-13H,10H2,1H3,(H,14,15). The van der Waals surface area contributed by atoms with Crippen molar-refractivity contribution in [3.8, 4) is 17.2 Å². The summed E-state index contributed by atoms with van der Waals surface area (Å²) in [6.45, 7) is 1.46. The van der Waals surface area contributed by atoms with Gasteiger partial charge in [-0.2, -0.15) is 0 Å². The Morgan fingerprint density at radius 3 is 2.27 bits per heavy atom. The van der Waals surface area contributed by atoms with Gasteiger partial charge in [-0.3, -0.25) is 0 Å². The Morgan fingerprint density at radius 2 is 1.87 bits per heavy atom. The monoisotopic (exact) mass is 213 g/mol. The summed E-state index contributed by atoms with van der Waals surface area (Å²) >= 11 is 0. The van der Waals surface area contributed by atoms with Crippen molar-refractivity contribution in [2.24, 2.45) is 5.73 Å². The molecule has 0 saturated heterocycles. The summed E-state index contributed by atoms with van der Waals surface area (Å²) in [7, 11) is 0. The first kappa shape index (κ1) is 11.1. The van der Waals surface area contributed by atoms with Gasteiger partial charge in [0.25, 0.3) is 0 Å². The third-order valence-electron chi connectivity index (χ3n) is 1.98. The molecule has 15 heavy (non-hydrogen) atoms. The fraction of sp³-hybridized carbons (Fsp3) is 0.222. The molecule has 0 amide bonds. The Kier molecular flexibility index (Phi) is 2.71. The number of carboxylic acids is 1. The van der Waals surface area contributed by atoms with E-state index in [1.54, 1.807) is 0 Å². The van der Waals surface area contributed by atoms with Crippen LogP contribution in [0.5, 0.6) is 17.2 Å². The Hall–Kier alpha value is -1.95. The number of rotatable bonds is 2. The van der Waals surface area contributed by atoms with Gasteiger partial charge in [-0.25, -0.2) is 4.79 Å². The summed E-state index contributed by atoms with van der Waals surface area (Å²) in [6, 6.07) is 0.0680. The second kappa shape index (κ2) is 3.66. The van der Waals surface area contributed by atoms with E-state index in [1.807, 2.05) is 0 Å². The van der Waals surface area contributed by atoms with Crippen LogP contribution >= 0.6 is 0 Å². The zero-order chi connectivity index (χ0) is 11.7. The lowest BCUT2D eigenvalue weighted by molar-refractivity contribution is 0.0694. The molecule has 0 aliphatic heterocycles. The minimum Gasteiger partial charge on any atom is -0.504 e. The van der Waals surface area contributed by atoms with E-state index in [2.05, 4.69) is 0 Å². The van der Waals surface area contributed by atoms with Crippen LogP contribution in [-0.2, 0) is 0 Å². The van der Waals surface area contributed by atoms with Gasteiger partial charge in [-0.1, -0.05) is 0 Å². The van der Waals surface area contributed by atoms with Gasteiger partial charge in [0.2, 0.25) is 5.75 Å². The van der Waals surface area contributed by atoms with Crippen LogP contribution < -0.4 is 5.73 Å². The smallest absolute Gasteiger partial charge is 0.336 e. The van der Waals surface area contributed by atoms with Crippen LogP contribution in [0.4, 0.5) is 0 Å². The number of phenols is 3. The molecule has 1 aromatic rings. The average molecular weight is 213 g/mol. The number of benzene rings is 1. The van der Waals surface area contributed by atoms with Gasteiger partial charge in [-0.05, 0) is 13.0 Å². The van der Waals surface area contributed by atoms with Crippen LogP contribution in [0.15, 0.2) is 6.07 Å². The molecule has 0 spiro atoms. The van der Waals surface area contributed by atoms with Gasteiger partial charge in [0.1, 0.15) is 0 Å². The molecule has 6 nitrogen and oxygen atoms in total. The van der Waals surface area contributed by atoms with Crippen molar-refractivity contribution in [2.75, 3.05) is 0 Å². The van der Waals surface area contributed by atoms with Crippen molar-refractivity contribution in [1.82, 2.24) is 0 Å². The van der Waals surface area contributed by atoms with Gasteiger partial charge < -0.3 is 26.2 Å². The van der Waals surface area contributed by atoms with E-state index in [1.165, 1.54) is 6.92 Å². The van der Waals surface area contributed by atoms with E-state index >= 15 is 0 Å². The van der Waals surface area contributed by atoms with E-state index < -0.39 is 29.3 Å². The molecule has 0 aliphatic carbocycles. The molecular formula is C9H11NO5. The van der Waals surface area contributed by atoms with Crippen molar-refractivity contribution in [3.05, 3.63) is 17.2 Å². The van der Waals surface area contributed by atoms with E-state index in [0.717, 1.165) is 6.07 Å². The molecule has 0 radical (unpaired) electrons. The van der Waals surface area contributed by atoms with Crippen molar-refractivity contribution in [2.45, 2.75) is 13.0 Å². The van der Waals surface area contributed by atoms with Crippen LogP contribution in [0.25, 0.3) is 0 Å². The number of hydrogen-bond donors (Lipinski definition) is 5. The SMILES string of the molecule is CC(N)c1c(C(=O)O)cc(O)c(O)c1O. The maximum absolute atomic E-state index is 10.8. The molecule has 0 aliphatic rings. The highest BCUT2D eigenvalue weighted by Crippen LogP contribution is 2.41. The lowest BCUT2D eigenvalue weighted by atomic mass is 9.99. The second-order valence-electron chi connectivity index (χ2n) is 3.15. The summed E-state index contributed by atoms with van der Waals surface area (Å²) < 4.78 is 0. The minimum atomic E-state index is -1.34. The number of carbonyl (C=O) groups is 1. The summed E-state index contributed by atoms with van der Waals surface area (Å²) in [4.78, 5) is 10.8. The van der Waals surface area contributed by atoms with Crippen LogP contribution in [-0.4, -0.2) is 26.4 Å². The molecule has 0 aromatic heterocycles. The third kappa shape index (κ3) is 1.79. The Morgan fingerprint density at radius 1 is 1.33 bits per heavy atom. The van der Waals surface area contributed by atoms with Gasteiger partial charge >= 0.3 is 5.97 Å². The molecule has 6 heteroatoms. The molecule has 0 saturated carbocycles. The number of phenolic OH excluding ortho intramolecular Hbond substituents is 3. The Labute approximate surface area is 85.2 Å². The van der Waals surface area contributed by atoms with E-state index in [4.69, 9.17) is 15.9 Å². The van der Waals surface area contributed by atoms with Crippen molar-refractivity contribution >= 4 is 5.97 Å². The molecule has 6 N–H and O–H groups in total. The highest BCUT2D eigenvalue weighted by Gasteiger charge is 2.23. The maximum Gasteiger partial charge on any atom is 0.336 e. The molecule has 0 bridgehead atoms. The van der Waals surface area contributed by atoms with Gasteiger partial charge in [0.15, 0.2) is 11.5 Å². The van der Waals surface area contributed by atoms with E-state index in [9.17, 15) is 15.0 Å². The quantitative estimate of drug-likeness (QED) is 0.456. The summed E-state index contributed by atoms with van der Waals surface area (Å²) in [5.41, 5.74) is 5.01. The molecular weight excluding hydrogens is 202 g/mol. The zero-order valence-corrected chi connectivity index (χ0v) is 7.93. The first-order valence-corrected chi connectivity index (χ1v) is 4.13. The highest BCUT2D eigenvalue weighted by molar-refractivity contribution is 5.92. The summed E-state index contributed by atoms with van der Waals surface area (Å²) in [5.74, 6) is -3.52. The lowest BCUT2D eigenvalue weighted by Gasteiger charge is -2.13. The third-order valence-corrected chi connectivity index (χ3v) is 1.98. The number of carboxylic acid groups (broad SMARTS) is 1. The zero-order valence-electron chi connectivity index (χ0n) is 7.93. The van der Waals surface area contributed by atoms with Gasteiger partial charge in [0, 0.05) is 11.6 Å². The number of nitrogens with two attached hydrogens (primary N) is 1. The normalized spacial score (nSPS) is 12.4. The van der Waals surface area contributed by atoms with E-state index in [0.29, 0.717) is 0 Å².